The third kappa shape index (κ3) is 2.22. The largest absolute Gasteiger partial charge is 0.481 e. The van der Waals surface area contributed by atoms with E-state index < -0.39 is 5.97 Å². The molecule has 0 spiro atoms. The molecule has 16 heavy (non-hydrogen) atoms. The van der Waals surface area contributed by atoms with Gasteiger partial charge in [0.1, 0.15) is 0 Å². The number of aliphatic carboxylic acids is 1. The number of aromatic amines is 2. The predicted molar refractivity (Wildman–Crippen MR) is 56.3 cm³/mol. The molecule has 2 rings (SSSR count). The van der Waals surface area contributed by atoms with Crippen LogP contribution in [0.3, 0.4) is 0 Å². The molecule has 0 fully saturated rings. The second kappa shape index (κ2) is 4.36. The number of halogens is 1. The number of hydrogen-bond acceptors (Lipinski definition) is 3. The first-order valence-corrected chi connectivity index (χ1v) is 4.96. The lowest BCUT2D eigenvalue weighted by Gasteiger charge is -1.99. The SMILES string of the molecule is O=C(O)Cc1[nH]nc(Cl)c1Cc1ccn[nH]1. The van der Waals surface area contributed by atoms with Crippen LogP contribution in [-0.2, 0) is 17.6 Å². The first kappa shape index (κ1) is 10.7. The highest BCUT2D eigenvalue weighted by Gasteiger charge is 2.14. The molecule has 0 saturated carbocycles. The summed E-state index contributed by atoms with van der Waals surface area (Å²) in [5.41, 5.74) is 2.07. The summed E-state index contributed by atoms with van der Waals surface area (Å²) in [5.74, 6) is -0.925. The van der Waals surface area contributed by atoms with Crippen molar-refractivity contribution in [3.63, 3.8) is 0 Å². The minimum atomic E-state index is -0.925. The quantitative estimate of drug-likeness (QED) is 0.743. The van der Waals surface area contributed by atoms with E-state index in [0.717, 1.165) is 5.69 Å². The fraction of sp³-hybridized carbons (Fsp3) is 0.222. The molecule has 0 aromatic carbocycles. The van der Waals surface area contributed by atoms with Crippen LogP contribution in [0.25, 0.3) is 0 Å². The highest BCUT2D eigenvalue weighted by molar-refractivity contribution is 6.30. The highest BCUT2D eigenvalue weighted by atomic mass is 35.5. The number of H-pyrrole nitrogens is 2. The Morgan fingerprint density at radius 3 is 2.94 bits per heavy atom. The van der Waals surface area contributed by atoms with Gasteiger partial charge in [-0.15, -0.1) is 0 Å². The van der Waals surface area contributed by atoms with E-state index in [2.05, 4.69) is 20.4 Å². The number of nitrogens with one attached hydrogen (secondary N) is 2. The van der Waals surface area contributed by atoms with E-state index in [1.54, 1.807) is 12.3 Å². The van der Waals surface area contributed by atoms with Crippen molar-refractivity contribution >= 4 is 17.6 Å². The van der Waals surface area contributed by atoms with Crippen molar-refractivity contribution in [1.82, 2.24) is 20.4 Å². The maximum atomic E-state index is 10.6. The van der Waals surface area contributed by atoms with Gasteiger partial charge in [0.2, 0.25) is 0 Å². The number of carboxylic acid groups (broad SMARTS) is 1. The molecule has 0 atom stereocenters. The van der Waals surface area contributed by atoms with Crippen LogP contribution >= 0.6 is 11.6 Å². The summed E-state index contributed by atoms with van der Waals surface area (Å²) in [4.78, 5) is 10.6. The van der Waals surface area contributed by atoms with Crippen LogP contribution in [0.2, 0.25) is 5.15 Å². The van der Waals surface area contributed by atoms with Crippen molar-refractivity contribution < 1.29 is 9.90 Å². The number of carbonyl (C=O) groups is 1. The van der Waals surface area contributed by atoms with Crippen molar-refractivity contribution in [2.75, 3.05) is 0 Å². The van der Waals surface area contributed by atoms with Crippen molar-refractivity contribution in [2.24, 2.45) is 0 Å². The average molecular weight is 241 g/mol. The summed E-state index contributed by atoms with van der Waals surface area (Å²) in [6, 6.07) is 1.80. The molecule has 0 aliphatic heterocycles. The molecule has 2 aromatic rings. The third-order valence-electron chi connectivity index (χ3n) is 2.16. The first-order valence-electron chi connectivity index (χ1n) is 4.58. The molecule has 2 heterocycles. The van der Waals surface area contributed by atoms with E-state index in [-0.39, 0.29) is 6.42 Å². The number of nitrogens with zero attached hydrogens (tertiary/aromatic N) is 2. The Labute approximate surface area is 95.6 Å². The first-order chi connectivity index (χ1) is 7.66. The van der Waals surface area contributed by atoms with E-state index in [0.29, 0.717) is 22.8 Å². The van der Waals surface area contributed by atoms with Gasteiger partial charge in [-0.25, -0.2) is 0 Å². The highest BCUT2D eigenvalue weighted by Crippen LogP contribution is 2.20. The Kier molecular flexibility index (Phi) is 2.91. The van der Waals surface area contributed by atoms with Gasteiger partial charge < -0.3 is 5.11 Å². The molecule has 0 radical (unpaired) electrons. The smallest absolute Gasteiger partial charge is 0.309 e. The minimum Gasteiger partial charge on any atom is -0.481 e. The number of hydrogen-bond donors (Lipinski definition) is 3. The molecule has 3 N–H and O–H groups in total. The normalized spacial score (nSPS) is 10.6. The van der Waals surface area contributed by atoms with Crippen molar-refractivity contribution in [1.29, 1.82) is 0 Å². The fourth-order valence-corrected chi connectivity index (χ4v) is 1.65. The van der Waals surface area contributed by atoms with Gasteiger partial charge in [0.05, 0.1) is 12.1 Å². The van der Waals surface area contributed by atoms with Gasteiger partial charge in [0.15, 0.2) is 5.15 Å². The summed E-state index contributed by atoms with van der Waals surface area (Å²) in [5, 5.41) is 22.0. The molecule has 2 aromatic heterocycles. The molecule has 84 valence electrons. The lowest BCUT2D eigenvalue weighted by Crippen LogP contribution is -2.03. The predicted octanol–water partition coefficient (Wildman–Crippen LogP) is 1.00. The topological polar surface area (TPSA) is 94.7 Å². The van der Waals surface area contributed by atoms with Crippen LogP contribution in [0.5, 0.6) is 0 Å². The zero-order chi connectivity index (χ0) is 11.5. The number of aromatic nitrogens is 4. The Morgan fingerprint density at radius 2 is 2.31 bits per heavy atom. The molecular formula is C9H9ClN4O2. The molecule has 7 heteroatoms. The number of carboxylic acids is 1. The molecule has 0 amide bonds. The Hall–Kier alpha value is -1.82. The lowest BCUT2D eigenvalue weighted by molar-refractivity contribution is -0.136. The molecular weight excluding hydrogens is 232 g/mol. The Bertz CT molecular complexity index is 492. The van der Waals surface area contributed by atoms with Crippen LogP contribution in [0, 0.1) is 0 Å². The van der Waals surface area contributed by atoms with Crippen LogP contribution in [0.4, 0.5) is 0 Å². The van der Waals surface area contributed by atoms with Gasteiger partial charge in [0, 0.05) is 23.9 Å². The zero-order valence-corrected chi connectivity index (χ0v) is 8.95. The van der Waals surface area contributed by atoms with E-state index in [1.165, 1.54) is 0 Å². The van der Waals surface area contributed by atoms with Crippen LogP contribution in [0.15, 0.2) is 12.3 Å². The molecule has 0 saturated heterocycles. The summed E-state index contributed by atoms with van der Waals surface area (Å²) >= 11 is 5.88. The average Bonchev–Trinajstić information content (AvgIpc) is 2.82. The van der Waals surface area contributed by atoms with Crippen LogP contribution in [0.1, 0.15) is 17.0 Å². The Balaban J connectivity index is 2.25. The van der Waals surface area contributed by atoms with Gasteiger partial charge in [0.25, 0.3) is 0 Å². The van der Waals surface area contributed by atoms with E-state index >= 15 is 0 Å². The molecule has 0 aliphatic rings. The minimum absolute atomic E-state index is 0.122. The van der Waals surface area contributed by atoms with Crippen molar-refractivity contribution in [3.05, 3.63) is 34.4 Å². The monoisotopic (exact) mass is 240 g/mol. The van der Waals surface area contributed by atoms with Gasteiger partial charge in [-0.1, -0.05) is 11.6 Å². The van der Waals surface area contributed by atoms with Crippen LogP contribution in [-0.4, -0.2) is 31.5 Å². The summed E-state index contributed by atoms with van der Waals surface area (Å²) in [6.45, 7) is 0. The molecule has 0 unspecified atom stereocenters. The van der Waals surface area contributed by atoms with E-state index in [1.807, 2.05) is 0 Å². The maximum absolute atomic E-state index is 10.6. The summed E-state index contributed by atoms with van der Waals surface area (Å²) < 4.78 is 0. The van der Waals surface area contributed by atoms with Crippen molar-refractivity contribution in [2.45, 2.75) is 12.8 Å². The van der Waals surface area contributed by atoms with Gasteiger partial charge >= 0.3 is 5.97 Å². The Morgan fingerprint density at radius 1 is 1.50 bits per heavy atom. The van der Waals surface area contributed by atoms with Gasteiger partial charge in [-0.3, -0.25) is 15.0 Å². The molecule has 0 aliphatic carbocycles. The summed E-state index contributed by atoms with van der Waals surface area (Å²) in [6.07, 6.45) is 1.99. The van der Waals surface area contributed by atoms with E-state index in [9.17, 15) is 4.79 Å². The van der Waals surface area contributed by atoms with E-state index in [4.69, 9.17) is 16.7 Å². The van der Waals surface area contributed by atoms with Crippen LogP contribution < -0.4 is 0 Å². The lowest BCUT2D eigenvalue weighted by atomic mass is 10.1. The fourth-order valence-electron chi connectivity index (χ4n) is 1.43. The van der Waals surface area contributed by atoms with Gasteiger partial charge in [-0.05, 0) is 6.07 Å². The second-order valence-electron chi connectivity index (χ2n) is 3.30. The van der Waals surface area contributed by atoms with Crippen molar-refractivity contribution in [3.8, 4) is 0 Å². The number of rotatable bonds is 4. The standard InChI is InChI=1S/C9H9ClN4O2/c10-9-6(3-5-1-2-11-12-5)7(13-14-9)4-8(15)16/h1-2H,3-4H2,(H,11,12)(H,13,14)(H,15,16). The third-order valence-corrected chi connectivity index (χ3v) is 2.47. The molecule has 6 nitrogen and oxygen atoms in total. The second-order valence-corrected chi connectivity index (χ2v) is 3.66. The maximum Gasteiger partial charge on any atom is 0.309 e. The zero-order valence-electron chi connectivity index (χ0n) is 8.20. The van der Waals surface area contributed by atoms with Gasteiger partial charge in [-0.2, -0.15) is 10.2 Å². The molecule has 0 bridgehead atoms. The summed E-state index contributed by atoms with van der Waals surface area (Å²) in [7, 11) is 0.